The van der Waals surface area contributed by atoms with E-state index in [9.17, 15) is 23.8 Å². The molecule has 0 aromatic heterocycles. The summed E-state index contributed by atoms with van der Waals surface area (Å²) in [6.07, 6.45) is 0.491. The average Bonchev–Trinajstić information content (AvgIpc) is 2.49. The van der Waals surface area contributed by atoms with Crippen LogP contribution in [0.3, 0.4) is 0 Å². The summed E-state index contributed by atoms with van der Waals surface area (Å²) >= 11 is 0. The van der Waals surface area contributed by atoms with Gasteiger partial charge in [-0.25, -0.2) is 0 Å². The van der Waals surface area contributed by atoms with E-state index in [4.69, 9.17) is 10.8 Å². The van der Waals surface area contributed by atoms with Crippen molar-refractivity contribution in [3.63, 3.8) is 0 Å². The van der Waals surface area contributed by atoms with Crippen molar-refractivity contribution in [2.24, 2.45) is 11.7 Å². The first-order valence-electron chi connectivity index (χ1n) is 8.34. The van der Waals surface area contributed by atoms with Crippen LogP contribution in [-0.2, 0) is 18.9 Å². The number of carboxylic acid groups (broad SMARTS) is 1. The van der Waals surface area contributed by atoms with Crippen LogP contribution in [0.1, 0.15) is 46.5 Å². The number of nitrogens with one attached hydrogen (secondary N) is 2. The van der Waals surface area contributed by atoms with E-state index in [1.54, 1.807) is 6.92 Å². The monoisotopic (exact) mass is 379 g/mol. The maximum absolute atomic E-state index is 12.2. The van der Waals surface area contributed by atoms with Crippen molar-refractivity contribution in [1.29, 1.82) is 0 Å². The molecular formula is C15H30N3O6P. The van der Waals surface area contributed by atoms with Gasteiger partial charge in [0.15, 0.2) is 0 Å². The summed E-state index contributed by atoms with van der Waals surface area (Å²) in [5.41, 5.74) is 5.34. The number of hydrogen-bond acceptors (Lipinski definition) is 5. The molecule has 9 nitrogen and oxygen atoms in total. The van der Waals surface area contributed by atoms with Crippen LogP contribution in [0.25, 0.3) is 0 Å². The zero-order valence-corrected chi connectivity index (χ0v) is 15.9. The summed E-state index contributed by atoms with van der Waals surface area (Å²) in [5.74, 6) is -2.11. The van der Waals surface area contributed by atoms with Gasteiger partial charge in [0.2, 0.25) is 19.2 Å². The zero-order valence-electron chi connectivity index (χ0n) is 15.0. The Morgan fingerprint density at radius 3 is 2.32 bits per heavy atom. The van der Waals surface area contributed by atoms with Gasteiger partial charge >= 0.3 is 5.97 Å². The topological polar surface area (TPSA) is 159 Å². The van der Waals surface area contributed by atoms with Gasteiger partial charge in [-0.2, -0.15) is 0 Å². The predicted molar refractivity (Wildman–Crippen MR) is 94.2 cm³/mol. The molecule has 10 heteroatoms. The molecule has 0 rings (SSSR count). The van der Waals surface area contributed by atoms with E-state index >= 15 is 0 Å². The molecule has 2 amide bonds. The lowest BCUT2D eigenvalue weighted by Gasteiger charge is -2.21. The molecule has 0 fully saturated rings. The lowest BCUT2D eigenvalue weighted by Crippen LogP contribution is -2.48. The van der Waals surface area contributed by atoms with Crippen molar-refractivity contribution >= 4 is 25.2 Å². The van der Waals surface area contributed by atoms with E-state index in [1.807, 2.05) is 13.8 Å². The second-order valence-electron chi connectivity index (χ2n) is 6.50. The Kier molecular flexibility index (Phi) is 10.6. The zero-order chi connectivity index (χ0) is 19.6. The minimum absolute atomic E-state index is 0.0421. The molecule has 6 N–H and O–H groups in total. The third kappa shape index (κ3) is 10.9. The Balaban J connectivity index is 4.67. The SMILES string of the molecule is CCCP(=O)(O)CNC(=O)[C@H](CC(C)C)NC(=O)CC[C@H](N)C(=O)O. The number of hydrogen-bond donors (Lipinski definition) is 5. The fraction of sp³-hybridized carbons (Fsp3) is 0.800. The Morgan fingerprint density at radius 2 is 1.84 bits per heavy atom. The van der Waals surface area contributed by atoms with Gasteiger partial charge < -0.3 is 26.4 Å². The van der Waals surface area contributed by atoms with Crippen LogP contribution in [0.2, 0.25) is 0 Å². The van der Waals surface area contributed by atoms with Crippen LogP contribution in [-0.4, -0.2) is 52.3 Å². The Labute approximate surface area is 148 Å². The number of carbonyl (C=O) groups is 3. The van der Waals surface area contributed by atoms with Crippen molar-refractivity contribution in [1.82, 2.24) is 10.6 Å². The molecule has 0 aromatic rings. The molecule has 0 aliphatic rings. The van der Waals surface area contributed by atoms with Crippen molar-refractivity contribution in [3.05, 3.63) is 0 Å². The summed E-state index contributed by atoms with van der Waals surface area (Å²) in [7, 11) is -3.42. The third-order valence-corrected chi connectivity index (χ3v) is 5.23. The number of carboxylic acids is 1. The highest BCUT2D eigenvalue weighted by atomic mass is 31.2. The van der Waals surface area contributed by atoms with Crippen LogP contribution in [0.4, 0.5) is 0 Å². The van der Waals surface area contributed by atoms with Crippen molar-refractivity contribution in [3.8, 4) is 0 Å². The second kappa shape index (κ2) is 11.2. The third-order valence-electron chi connectivity index (χ3n) is 3.43. The second-order valence-corrected chi connectivity index (χ2v) is 8.96. The van der Waals surface area contributed by atoms with Crippen LogP contribution < -0.4 is 16.4 Å². The van der Waals surface area contributed by atoms with E-state index in [0.717, 1.165) is 0 Å². The molecule has 0 aliphatic heterocycles. The smallest absolute Gasteiger partial charge is 0.320 e. The molecule has 25 heavy (non-hydrogen) atoms. The van der Waals surface area contributed by atoms with Gasteiger partial charge in [0.1, 0.15) is 12.1 Å². The average molecular weight is 379 g/mol. The molecule has 0 saturated heterocycles. The Hall–Kier alpha value is -1.44. The molecule has 0 aliphatic carbocycles. The van der Waals surface area contributed by atoms with Gasteiger partial charge in [0.25, 0.3) is 0 Å². The van der Waals surface area contributed by atoms with Crippen LogP contribution in [0, 0.1) is 5.92 Å². The molecule has 146 valence electrons. The first-order valence-corrected chi connectivity index (χ1v) is 10.4. The summed E-state index contributed by atoms with van der Waals surface area (Å²) in [5, 5.41) is 13.7. The number of rotatable bonds is 12. The molecule has 0 spiro atoms. The lowest BCUT2D eigenvalue weighted by atomic mass is 10.0. The van der Waals surface area contributed by atoms with Gasteiger partial charge in [0, 0.05) is 12.6 Å². The van der Waals surface area contributed by atoms with Crippen LogP contribution in [0.15, 0.2) is 0 Å². The molecular weight excluding hydrogens is 349 g/mol. The molecule has 0 heterocycles. The van der Waals surface area contributed by atoms with E-state index in [0.29, 0.717) is 12.8 Å². The number of aliphatic carboxylic acids is 1. The van der Waals surface area contributed by atoms with Crippen molar-refractivity contribution < 1.29 is 28.9 Å². The summed E-state index contributed by atoms with van der Waals surface area (Å²) in [6, 6.07) is -1.99. The highest BCUT2D eigenvalue weighted by molar-refractivity contribution is 7.57. The number of nitrogens with two attached hydrogens (primary N) is 1. The normalized spacial score (nSPS) is 15.9. The lowest BCUT2D eigenvalue weighted by molar-refractivity contribution is -0.139. The molecule has 0 saturated carbocycles. The highest BCUT2D eigenvalue weighted by Crippen LogP contribution is 2.39. The van der Waals surface area contributed by atoms with E-state index < -0.39 is 37.2 Å². The highest BCUT2D eigenvalue weighted by Gasteiger charge is 2.25. The van der Waals surface area contributed by atoms with Gasteiger partial charge in [0.05, 0.1) is 6.29 Å². The molecule has 3 atom stereocenters. The standard InChI is InChI=1S/C15H30N3O6P/c1-4-7-25(23,24)9-17-14(20)12(8-10(2)3)18-13(19)6-5-11(16)15(21)22/h10-12H,4-9,16H2,1-3H3,(H,17,20)(H,18,19)(H,21,22)(H,23,24)/t11-,12-/m0/s1. The molecule has 1 unspecified atom stereocenters. The largest absolute Gasteiger partial charge is 0.480 e. The summed E-state index contributed by atoms with van der Waals surface area (Å²) < 4.78 is 11.8. The molecule has 0 radical (unpaired) electrons. The molecule has 0 aromatic carbocycles. The van der Waals surface area contributed by atoms with Crippen LogP contribution >= 0.6 is 7.37 Å². The number of amides is 2. The fourth-order valence-corrected chi connectivity index (χ4v) is 3.39. The summed E-state index contributed by atoms with van der Waals surface area (Å²) in [6.45, 7) is 5.52. The maximum atomic E-state index is 12.2. The first kappa shape index (κ1) is 23.6. The van der Waals surface area contributed by atoms with Gasteiger partial charge in [-0.3, -0.25) is 18.9 Å². The van der Waals surface area contributed by atoms with Gasteiger partial charge in [-0.1, -0.05) is 20.8 Å². The fourth-order valence-electron chi connectivity index (χ4n) is 2.13. The quantitative estimate of drug-likeness (QED) is 0.308. The van der Waals surface area contributed by atoms with Gasteiger partial charge in [-0.05, 0) is 25.2 Å². The Bertz CT molecular complexity index is 511. The Morgan fingerprint density at radius 1 is 1.24 bits per heavy atom. The van der Waals surface area contributed by atoms with Crippen molar-refractivity contribution in [2.45, 2.75) is 58.5 Å². The summed E-state index contributed by atoms with van der Waals surface area (Å²) in [4.78, 5) is 44.5. The first-order chi connectivity index (χ1) is 11.5. The van der Waals surface area contributed by atoms with Crippen molar-refractivity contribution in [2.75, 3.05) is 12.4 Å². The number of carbonyl (C=O) groups excluding carboxylic acids is 2. The van der Waals surface area contributed by atoms with Gasteiger partial charge in [-0.15, -0.1) is 0 Å². The van der Waals surface area contributed by atoms with E-state index in [-0.39, 0.29) is 31.2 Å². The van der Waals surface area contributed by atoms with E-state index in [1.165, 1.54) is 0 Å². The minimum atomic E-state index is -3.42. The van der Waals surface area contributed by atoms with Crippen LogP contribution in [0.5, 0.6) is 0 Å². The minimum Gasteiger partial charge on any atom is -0.480 e. The maximum Gasteiger partial charge on any atom is 0.320 e. The van der Waals surface area contributed by atoms with E-state index in [2.05, 4.69) is 10.6 Å². The predicted octanol–water partition coefficient (Wildman–Crippen LogP) is 0.464. The molecule has 0 bridgehead atoms.